The fourth-order valence-electron chi connectivity index (χ4n) is 3.00. The molecule has 0 saturated carbocycles. The zero-order valence-electron chi connectivity index (χ0n) is 19.0. The Bertz CT molecular complexity index is 1080. The lowest BCUT2D eigenvalue weighted by molar-refractivity contribution is -0.123. The van der Waals surface area contributed by atoms with Crippen LogP contribution in [0.2, 0.25) is 0 Å². The summed E-state index contributed by atoms with van der Waals surface area (Å²) < 4.78 is 17.8. The van der Waals surface area contributed by atoms with Gasteiger partial charge >= 0.3 is 0 Å². The van der Waals surface area contributed by atoms with Crippen LogP contribution in [0, 0.1) is 0 Å². The van der Waals surface area contributed by atoms with Gasteiger partial charge in [-0.15, -0.1) is 0 Å². The van der Waals surface area contributed by atoms with Gasteiger partial charge in [-0.3, -0.25) is 9.59 Å². The highest BCUT2D eigenvalue weighted by Gasteiger charge is 2.06. The molecule has 0 aliphatic rings. The standard InChI is InChI=1S/C25H29N3O5/c1-3-17-32-21-9-11-22(12-10-21)33-18-24(29)26-15-16-28-25(30)14-13-23(27-28)19-5-7-20(8-6-19)31-4-2/h5-14H,3-4,15-18H2,1-2H3,(H,26,29). The number of hydrogen-bond acceptors (Lipinski definition) is 6. The maximum Gasteiger partial charge on any atom is 0.266 e. The van der Waals surface area contributed by atoms with Gasteiger partial charge in [0.1, 0.15) is 17.2 Å². The topological polar surface area (TPSA) is 91.7 Å². The molecular weight excluding hydrogens is 422 g/mol. The summed E-state index contributed by atoms with van der Waals surface area (Å²) in [6.07, 6.45) is 0.936. The first-order chi connectivity index (χ1) is 16.1. The lowest BCUT2D eigenvalue weighted by Gasteiger charge is -2.10. The highest BCUT2D eigenvalue weighted by molar-refractivity contribution is 5.77. The van der Waals surface area contributed by atoms with Crippen LogP contribution >= 0.6 is 0 Å². The molecule has 1 amide bonds. The van der Waals surface area contributed by atoms with E-state index in [4.69, 9.17) is 14.2 Å². The van der Waals surface area contributed by atoms with E-state index in [0.717, 1.165) is 23.5 Å². The molecule has 1 N–H and O–H groups in total. The number of amides is 1. The summed E-state index contributed by atoms with van der Waals surface area (Å²) in [4.78, 5) is 24.2. The van der Waals surface area contributed by atoms with Crippen LogP contribution < -0.4 is 25.1 Å². The molecule has 3 rings (SSSR count). The van der Waals surface area contributed by atoms with E-state index in [2.05, 4.69) is 10.4 Å². The van der Waals surface area contributed by atoms with Crippen LogP contribution in [0.4, 0.5) is 0 Å². The Morgan fingerprint density at radius 1 is 0.879 bits per heavy atom. The number of carbonyl (C=O) groups is 1. The molecule has 33 heavy (non-hydrogen) atoms. The third-order valence-corrected chi connectivity index (χ3v) is 4.64. The average Bonchev–Trinajstić information content (AvgIpc) is 2.84. The van der Waals surface area contributed by atoms with Crippen molar-refractivity contribution in [2.24, 2.45) is 0 Å². The number of ether oxygens (including phenoxy) is 3. The van der Waals surface area contributed by atoms with Crippen molar-refractivity contribution >= 4 is 5.91 Å². The number of nitrogens with one attached hydrogen (secondary N) is 1. The van der Waals surface area contributed by atoms with Crippen LogP contribution in [0.15, 0.2) is 65.5 Å². The van der Waals surface area contributed by atoms with E-state index in [-0.39, 0.29) is 31.2 Å². The molecule has 0 fully saturated rings. The molecule has 0 radical (unpaired) electrons. The van der Waals surface area contributed by atoms with Gasteiger partial charge in [-0.25, -0.2) is 4.68 Å². The van der Waals surface area contributed by atoms with E-state index >= 15 is 0 Å². The number of carbonyl (C=O) groups excluding carboxylic acids is 1. The van der Waals surface area contributed by atoms with Crippen molar-refractivity contribution in [3.63, 3.8) is 0 Å². The molecule has 0 saturated heterocycles. The van der Waals surface area contributed by atoms with Crippen LogP contribution in [0.25, 0.3) is 11.3 Å². The minimum Gasteiger partial charge on any atom is -0.494 e. The van der Waals surface area contributed by atoms with Crippen LogP contribution in [0.3, 0.4) is 0 Å². The summed E-state index contributed by atoms with van der Waals surface area (Å²) in [6, 6.07) is 17.8. The second kappa shape index (κ2) is 12.3. The molecule has 8 nitrogen and oxygen atoms in total. The minimum atomic E-state index is -0.281. The quantitative estimate of drug-likeness (QED) is 0.454. The summed E-state index contributed by atoms with van der Waals surface area (Å²) in [5.41, 5.74) is 1.30. The van der Waals surface area contributed by atoms with E-state index in [0.29, 0.717) is 24.7 Å². The summed E-state index contributed by atoms with van der Waals surface area (Å²) >= 11 is 0. The molecule has 0 atom stereocenters. The predicted octanol–water partition coefficient (Wildman–Crippen LogP) is 3.29. The van der Waals surface area contributed by atoms with Crippen molar-refractivity contribution in [1.29, 1.82) is 0 Å². The van der Waals surface area contributed by atoms with Crippen LogP contribution in [0.1, 0.15) is 20.3 Å². The second-order valence-electron chi connectivity index (χ2n) is 7.20. The fraction of sp³-hybridized carbons (Fsp3) is 0.320. The van der Waals surface area contributed by atoms with Crippen molar-refractivity contribution < 1.29 is 19.0 Å². The van der Waals surface area contributed by atoms with E-state index in [9.17, 15) is 9.59 Å². The number of hydrogen-bond donors (Lipinski definition) is 1. The first-order valence-corrected chi connectivity index (χ1v) is 11.0. The van der Waals surface area contributed by atoms with Crippen LogP contribution in [0.5, 0.6) is 17.2 Å². The predicted molar refractivity (Wildman–Crippen MR) is 126 cm³/mol. The highest BCUT2D eigenvalue weighted by Crippen LogP contribution is 2.20. The Hall–Kier alpha value is -3.81. The average molecular weight is 452 g/mol. The molecule has 0 aliphatic heterocycles. The first kappa shape index (κ1) is 23.8. The Morgan fingerprint density at radius 2 is 1.52 bits per heavy atom. The number of benzene rings is 2. The summed E-state index contributed by atoms with van der Waals surface area (Å²) in [5.74, 6) is 1.84. The summed E-state index contributed by atoms with van der Waals surface area (Å²) in [6.45, 7) is 5.61. The third kappa shape index (κ3) is 7.38. The zero-order chi connectivity index (χ0) is 23.5. The number of rotatable bonds is 12. The third-order valence-electron chi connectivity index (χ3n) is 4.64. The molecule has 0 bridgehead atoms. The zero-order valence-corrected chi connectivity index (χ0v) is 19.0. The van der Waals surface area contributed by atoms with Gasteiger partial charge in [-0.1, -0.05) is 6.92 Å². The lowest BCUT2D eigenvalue weighted by Crippen LogP contribution is -2.34. The second-order valence-corrected chi connectivity index (χ2v) is 7.20. The summed E-state index contributed by atoms with van der Waals surface area (Å²) in [7, 11) is 0. The van der Waals surface area contributed by atoms with E-state index < -0.39 is 0 Å². The van der Waals surface area contributed by atoms with Crippen LogP contribution in [-0.4, -0.2) is 42.1 Å². The van der Waals surface area contributed by atoms with Gasteiger partial charge in [0.25, 0.3) is 11.5 Å². The molecule has 0 spiro atoms. The molecule has 0 unspecified atom stereocenters. The Balaban J connectivity index is 1.48. The van der Waals surface area contributed by atoms with Gasteiger partial charge < -0.3 is 19.5 Å². The van der Waals surface area contributed by atoms with Gasteiger partial charge in [0.2, 0.25) is 0 Å². The van der Waals surface area contributed by atoms with Gasteiger partial charge in [-0.05, 0) is 67.9 Å². The molecule has 2 aromatic carbocycles. The Morgan fingerprint density at radius 3 is 2.18 bits per heavy atom. The number of nitrogens with zero attached hydrogens (tertiary/aromatic N) is 2. The normalized spacial score (nSPS) is 10.5. The molecular formula is C25H29N3O5. The summed E-state index contributed by atoms with van der Waals surface area (Å²) in [5, 5.41) is 7.15. The van der Waals surface area contributed by atoms with Crippen molar-refractivity contribution in [3.8, 4) is 28.5 Å². The Kier molecular flexibility index (Phi) is 8.88. The minimum absolute atomic E-state index is 0.121. The maximum atomic E-state index is 12.2. The maximum absolute atomic E-state index is 12.2. The van der Waals surface area contributed by atoms with Crippen molar-refractivity contribution in [1.82, 2.24) is 15.1 Å². The van der Waals surface area contributed by atoms with E-state index in [1.54, 1.807) is 30.3 Å². The van der Waals surface area contributed by atoms with Gasteiger partial charge in [0.05, 0.1) is 25.5 Å². The van der Waals surface area contributed by atoms with E-state index in [1.165, 1.54) is 10.7 Å². The van der Waals surface area contributed by atoms with Crippen molar-refractivity contribution in [2.45, 2.75) is 26.8 Å². The monoisotopic (exact) mass is 451 g/mol. The molecule has 1 aromatic heterocycles. The molecule has 8 heteroatoms. The SMILES string of the molecule is CCCOc1ccc(OCC(=O)NCCn2nc(-c3ccc(OCC)cc3)ccc2=O)cc1. The lowest BCUT2D eigenvalue weighted by atomic mass is 10.1. The van der Waals surface area contributed by atoms with Gasteiger partial charge in [-0.2, -0.15) is 5.10 Å². The molecule has 174 valence electrons. The highest BCUT2D eigenvalue weighted by atomic mass is 16.5. The van der Waals surface area contributed by atoms with Crippen LogP contribution in [-0.2, 0) is 11.3 Å². The van der Waals surface area contributed by atoms with Crippen molar-refractivity contribution in [3.05, 3.63) is 71.0 Å². The molecule has 1 heterocycles. The first-order valence-electron chi connectivity index (χ1n) is 11.0. The van der Waals surface area contributed by atoms with Gasteiger partial charge in [0, 0.05) is 18.2 Å². The fourth-order valence-corrected chi connectivity index (χ4v) is 3.00. The molecule has 3 aromatic rings. The van der Waals surface area contributed by atoms with E-state index in [1.807, 2.05) is 38.1 Å². The molecule has 0 aliphatic carbocycles. The Labute approximate surface area is 193 Å². The number of aromatic nitrogens is 2. The van der Waals surface area contributed by atoms with Crippen molar-refractivity contribution in [2.75, 3.05) is 26.4 Å². The largest absolute Gasteiger partial charge is 0.494 e. The smallest absolute Gasteiger partial charge is 0.266 e. The van der Waals surface area contributed by atoms with Gasteiger partial charge in [0.15, 0.2) is 6.61 Å².